The zero-order chi connectivity index (χ0) is 29.9. The highest BCUT2D eigenvalue weighted by Gasteiger charge is 2.27. The molecule has 0 aliphatic carbocycles. The minimum absolute atomic E-state index is 0.0121. The maximum absolute atomic E-state index is 14.8. The molecule has 222 valence electrons. The average molecular weight is 591 g/mol. The predicted octanol–water partition coefficient (Wildman–Crippen LogP) is 4.09. The lowest BCUT2D eigenvalue weighted by Gasteiger charge is -2.32. The number of hydrogen-bond acceptors (Lipinski definition) is 9. The summed E-state index contributed by atoms with van der Waals surface area (Å²) in [5, 5.41) is 18.3. The molecule has 0 amide bonds. The van der Waals surface area contributed by atoms with Gasteiger partial charge in [-0.25, -0.2) is 23.5 Å². The third-order valence-electron chi connectivity index (χ3n) is 7.60. The molecule has 43 heavy (non-hydrogen) atoms. The van der Waals surface area contributed by atoms with Crippen molar-refractivity contribution in [2.75, 3.05) is 19.7 Å². The van der Waals surface area contributed by atoms with E-state index in [1.54, 1.807) is 18.3 Å². The van der Waals surface area contributed by atoms with Crippen molar-refractivity contribution < 1.29 is 32.9 Å². The zero-order valence-electron chi connectivity index (χ0n) is 23.1. The molecule has 0 radical (unpaired) electrons. The fourth-order valence-electron chi connectivity index (χ4n) is 5.23. The van der Waals surface area contributed by atoms with E-state index in [1.165, 1.54) is 12.3 Å². The Morgan fingerprint density at radius 1 is 1.14 bits per heavy atom. The van der Waals surface area contributed by atoms with Crippen LogP contribution in [-0.2, 0) is 24.4 Å². The number of aromatic nitrogens is 4. The summed E-state index contributed by atoms with van der Waals surface area (Å²) in [4.78, 5) is 26.4. The van der Waals surface area contributed by atoms with Crippen molar-refractivity contribution in [1.29, 1.82) is 5.26 Å². The van der Waals surface area contributed by atoms with Gasteiger partial charge in [-0.15, -0.1) is 0 Å². The summed E-state index contributed by atoms with van der Waals surface area (Å²) in [5.41, 5.74) is 1.14. The summed E-state index contributed by atoms with van der Waals surface area (Å²) in [6.45, 7) is 3.06. The van der Waals surface area contributed by atoms with Gasteiger partial charge in [-0.05, 0) is 43.5 Å². The standard InChI is InChI=1S/C30H28F2N6O5/c31-24-10-19(30(39)40)11-26-28(24)36-27(38(26)15-23-4-8-41-23)16-37-6-2-21(3-7-37)43-22-1-5-34-20(12-22)17-42-29-25(32)9-18(13-33)14-35-29/h1,5,9-12,14,21,23H,2-4,6-8,15-17H2,(H,39,40). The Balaban J connectivity index is 1.07. The quantitative estimate of drug-likeness (QED) is 0.288. The largest absolute Gasteiger partial charge is 0.490 e. The number of aromatic carboxylic acids is 1. The molecule has 1 N–H and O–H groups in total. The molecule has 2 aliphatic rings. The van der Waals surface area contributed by atoms with E-state index in [1.807, 2.05) is 10.6 Å². The first kappa shape index (κ1) is 28.4. The highest BCUT2D eigenvalue weighted by atomic mass is 19.1. The van der Waals surface area contributed by atoms with Crippen LogP contribution in [0.3, 0.4) is 0 Å². The van der Waals surface area contributed by atoms with Crippen molar-refractivity contribution in [2.45, 2.75) is 51.2 Å². The molecule has 2 aliphatic heterocycles. The molecule has 0 bridgehead atoms. The summed E-state index contributed by atoms with van der Waals surface area (Å²) in [6.07, 6.45) is 5.16. The molecular weight excluding hydrogens is 562 g/mol. The molecule has 1 unspecified atom stereocenters. The second-order valence-electron chi connectivity index (χ2n) is 10.5. The van der Waals surface area contributed by atoms with E-state index in [2.05, 4.69) is 19.9 Å². The number of pyridine rings is 2. The fraction of sp³-hybridized carbons (Fsp3) is 0.367. The van der Waals surface area contributed by atoms with Gasteiger partial charge in [0.05, 0.1) is 41.5 Å². The van der Waals surface area contributed by atoms with Crippen molar-refractivity contribution >= 4 is 17.0 Å². The number of nitrogens with zero attached hydrogens (tertiary/aromatic N) is 6. The van der Waals surface area contributed by atoms with Gasteiger partial charge >= 0.3 is 5.97 Å². The number of benzene rings is 1. The summed E-state index contributed by atoms with van der Waals surface area (Å²) in [6, 6.07) is 8.86. The minimum atomic E-state index is -1.19. The fourth-order valence-corrected chi connectivity index (χ4v) is 5.23. The number of fused-ring (bicyclic) bond motifs is 1. The van der Waals surface area contributed by atoms with Crippen LogP contribution in [-0.4, -0.2) is 67.4 Å². The Bertz CT molecular complexity index is 1690. The van der Waals surface area contributed by atoms with Crippen molar-refractivity contribution in [3.8, 4) is 17.7 Å². The number of likely N-dealkylation sites (tertiary alicyclic amines) is 1. The molecule has 0 spiro atoms. The van der Waals surface area contributed by atoms with E-state index in [0.29, 0.717) is 42.5 Å². The SMILES string of the molecule is N#Cc1cnc(OCc2cc(OC3CCN(Cc4nc5c(F)cc(C(=O)O)cc5n4CC4CCO4)CC3)ccn2)c(F)c1. The van der Waals surface area contributed by atoms with Crippen LogP contribution < -0.4 is 9.47 Å². The van der Waals surface area contributed by atoms with Crippen molar-refractivity contribution in [1.82, 2.24) is 24.4 Å². The van der Waals surface area contributed by atoms with Gasteiger partial charge in [0.1, 0.15) is 35.9 Å². The van der Waals surface area contributed by atoms with Gasteiger partial charge in [0.25, 0.3) is 5.88 Å². The maximum Gasteiger partial charge on any atom is 0.335 e. The van der Waals surface area contributed by atoms with Gasteiger partial charge < -0.3 is 23.9 Å². The van der Waals surface area contributed by atoms with Crippen molar-refractivity contribution in [3.05, 3.63) is 77.0 Å². The molecule has 1 atom stereocenters. The van der Waals surface area contributed by atoms with E-state index in [9.17, 15) is 18.7 Å². The van der Waals surface area contributed by atoms with E-state index >= 15 is 0 Å². The first-order chi connectivity index (χ1) is 20.9. The minimum Gasteiger partial charge on any atom is -0.490 e. The Hall–Kier alpha value is -4.67. The number of carbonyl (C=O) groups is 1. The third-order valence-corrected chi connectivity index (χ3v) is 7.60. The average Bonchev–Trinajstić information content (AvgIpc) is 3.32. The number of carboxylic acids is 1. The first-order valence-corrected chi connectivity index (χ1v) is 13.9. The van der Waals surface area contributed by atoms with Gasteiger partial charge in [0.2, 0.25) is 0 Å². The van der Waals surface area contributed by atoms with Crippen LogP contribution in [0, 0.1) is 23.0 Å². The van der Waals surface area contributed by atoms with Crippen molar-refractivity contribution in [2.24, 2.45) is 0 Å². The van der Waals surface area contributed by atoms with Gasteiger partial charge in [0, 0.05) is 38.2 Å². The van der Waals surface area contributed by atoms with Gasteiger partial charge in [-0.3, -0.25) is 9.88 Å². The Kier molecular flexibility index (Phi) is 8.13. The molecule has 3 aromatic heterocycles. The van der Waals surface area contributed by atoms with Crippen LogP contribution in [0.2, 0.25) is 0 Å². The van der Waals surface area contributed by atoms with E-state index in [4.69, 9.17) is 19.5 Å². The van der Waals surface area contributed by atoms with E-state index in [-0.39, 0.29) is 41.3 Å². The summed E-state index contributed by atoms with van der Waals surface area (Å²) in [7, 11) is 0. The van der Waals surface area contributed by atoms with Gasteiger partial charge in [0.15, 0.2) is 11.6 Å². The van der Waals surface area contributed by atoms with Crippen LogP contribution in [0.4, 0.5) is 8.78 Å². The number of halogens is 2. The summed E-state index contributed by atoms with van der Waals surface area (Å²) < 4.78 is 48.1. The van der Waals surface area contributed by atoms with Crippen LogP contribution in [0.25, 0.3) is 11.0 Å². The monoisotopic (exact) mass is 590 g/mol. The van der Waals surface area contributed by atoms with Gasteiger partial charge in [-0.2, -0.15) is 5.26 Å². The highest BCUT2D eigenvalue weighted by molar-refractivity contribution is 5.92. The maximum atomic E-state index is 14.8. The molecule has 1 aromatic carbocycles. The number of piperidine rings is 1. The number of nitriles is 1. The molecule has 5 heterocycles. The number of rotatable bonds is 10. The Morgan fingerprint density at radius 2 is 1.95 bits per heavy atom. The summed E-state index contributed by atoms with van der Waals surface area (Å²) >= 11 is 0. The van der Waals surface area contributed by atoms with Crippen LogP contribution >= 0.6 is 0 Å². The van der Waals surface area contributed by atoms with Crippen molar-refractivity contribution in [3.63, 3.8) is 0 Å². The molecular formula is C30H28F2N6O5. The molecule has 2 fully saturated rings. The molecule has 0 saturated carbocycles. The predicted molar refractivity (Wildman–Crippen MR) is 147 cm³/mol. The number of imidazole rings is 1. The normalized spacial score (nSPS) is 17.4. The molecule has 13 heteroatoms. The van der Waals surface area contributed by atoms with Crippen LogP contribution in [0.15, 0.2) is 42.7 Å². The number of hydrogen-bond donors (Lipinski definition) is 1. The smallest absolute Gasteiger partial charge is 0.335 e. The Morgan fingerprint density at radius 3 is 2.65 bits per heavy atom. The summed E-state index contributed by atoms with van der Waals surface area (Å²) in [5.74, 6) is -1.50. The second kappa shape index (κ2) is 12.3. The highest BCUT2D eigenvalue weighted by Crippen LogP contribution is 2.27. The van der Waals surface area contributed by atoms with Gasteiger partial charge in [-0.1, -0.05) is 0 Å². The lowest BCUT2D eigenvalue weighted by molar-refractivity contribution is -0.0592. The number of ether oxygens (including phenoxy) is 3. The molecule has 11 nitrogen and oxygen atoms in total. The van der Waals surface area contributed by atoms with Crippen LogP contribution in [0.1, 0.15) is 46.7 Å². The first-order valence-electron chi connectivity index (χ1n) is 13.9. The molecule has 2 saturated heterocycles. The molecule has 6 rings (SSSR count). The van der Waals surface area contributed by atoms with E-state index in [0.717, 1.165) is 44.5 Å². The van der Waals surface area contributed by atoms with E-state index < -0.39 is 17.6 Å². The molecule has 4 aromatic rings. The topological polar surface area (TPSA) is 136 Å². The lowest BCUT2D eigenvalue weighted by Crippen LogP contribution is -2.39. The lowest BCUT2D eigenvalue weighted by atomic mass is 10.1. The Labute approximate surface area is 245 Å². The zero-order valence-corrected chi connectivity index (χ0v) is 23.1. The number of carboxylic acid groups (broad SMARTS) is 1. The van der Waals surface area contributed by atoms with Crippen LogP contribution in [0.5, 0.6) is 11.6 Å². The second-order valence-corrected chi connectivity index (χ2v) is 10.5. The third kappa shape index (κ3) is 6.40.